The molecule has 3 rings (SSSR count). The Hall–Kier alpha value is -2.14. The first-order valence-electron chi connectivity index (χ1n) is 7.49. The van der Waals surface area contributed by atoms with Gasteiger partial charge < -0.3 is 10.2 Å². The van der Waals surface area contributed by atoms with Crippen LogP contribution in [0.15, 0.2) is 46.9 Å². The van der Waals surface area contributed by atoms with Gasteiger partial charge in [-0.3, -0.25) is 9.59 Å². The van der Waals surface area contributed by atoms with Crippen molar-refractivity contribution in [3.63, 3.8) is 0 Å². The number of hydrogen-bond acceptors (Lipinski definition) is 2. The molecule has 0 radical (unpaired) electrons. The molecule has 0 fully saturated rings. The number of anilines is 2. The van der Waals surface area contributed by atoms with E-state index < -0.39 is 0 Å². The first kappa shape index (κ1) is 15.7. The highest BCUT2D eigenvalue weighted by molar-refractivity contribution is 9.10. The molecule has 5 heteroatoms. The van der Waals surface area contributed by atoms with Crippen LogP contribution in [0.1, 0.15) is 18.1 Å². The smallest absolute Gasteiger partial charge is 0.231 e. The van der Waals surface area contributed by atoms with Crippen molar-refractivity contribution in [1.29, 1.82) is 0 Å². The second kappa shape index (κ2) is 6.54. The maximum absolute atomic E-state index is 12.7. The van der Waals surface area contributed by atoms with Gasteiger partial charge in [0, 0.05) is 17.9 Å². The van der Waals surface area contributed by atoms with Crippen LogP contribution in [0.4, 0.5) is 11.4 Å². The SMILES string of the molecule is CC(=O)Nc1cccc2c1N(C(=O)Cc1cccc(Br)c1)CC2. The number of benzene rings is 2. The molecule has 0 atom stereocenters. The molecule has 0 aliphatic carbocycles. The lowest BCUT2D eigenvalue weighted by molar-refractivity contribution is -0.118. The summed E-state index contributed by atoms with van der Waals surface area (Å²) in [4.78, 5) is 25.9. The molecule has 118 valence electrons. The van der Waals surface area contributed by atoms with Crippen molar-refractivity contribution in [3.8, 4) is 0 Å². The van der Waals surface area contributed by atoms with E-state index in [0.29, 0.717) is 18.7 Å². The van der Waals surface area contributed by atoms with E-state index in [9.17, 15) is 9.59 Å². The van der Waals surface area contributed by atoms with E-state index in [1.807, 2.05) is 42.5 Å². The second-order valence-corrected chi connectivity index (χ2v) is 6.51. The fraction of sp³-hybridized carbons (Fsp3) is 0.222. The fourth-order valence-electron chi connectivity index (χ4n) is 2.91. The highest BCUT2D eigenvalue weighted by atomic mass is 79.9. The van der Waals surface area contributed by atoms with Crippen molar-refractivity contribution in [3.05, 3.63) is 58.1 Å². The largest absolute Gasteiger partial charge is 0.325 e. The van der Waals surface area contributed by atoms with Gasteiger partial charge in [0.15, 0.2) is 0 Å². The molecule has 2 aromatic rings. The van der Waals surface area contributed by atoms with Crippen molar-refractivity contribution in [2.45, 2.75) is 19.8 Å². The number of amides is 2. The normalized spacial score (nSPS) is 12.9. The molecule has 0 aromatic heterocycles. The first-order chi connectivity index (χ1) is 11.0. The van der Waals surface area contributed by atoms with Crippen molar-refractivity contribution in [2.75, 3.05) is 16.8 Å². The van der Waals surface area contributed by atoms with E-state index in [1.54, 1.807) is 4.90 Å². The van der Waals surface area contributed by atoms with Crippen LogP contribution in [0.2, 0.25) is 0 Å². The van der Waals surface area contributed by atoms with Crippen molar-refractivity contribution in [1.82, 2.24) is 0 Å². The van der Waals surface area contributed by atoms with Gasteiger partial charge in [-0.2, -0.15) is 0 Å². The molecule has 1 heterocycles. The van der Waals surface area contributed by atoms with E-state index in [-0.39, 0.29) is 11.8 Å². The Labute approximate surface area is 143 Å². The zero-order valence-corrected chi connectivity index (χ0v) is 14.4. The summed E-state index contributed by atoms with van der Waals surface area (Å²) in [5.41, 5.74) is 3.60. The summed E-state index contributed by atoms with van der Waals surface area (Å²) in [6.45, 7) is 2.13. The van der Waals surface area contributed by atoms with Crippen molar-refractivity contribution >= 4 is 39.1 Å². The Kier molecular flexibility index (Phi) is 4.48. The quantitative estimate of drug-likeness (QED) is 0.895. The van der Waals surface area contributed by atoms with E-state index >= 15 is 0 Å². The zero-order chi connectivity index (χ0) is 16.4. The summed E-state index contributed by atoms with van der Waals surface area (Å²) >= 11 is 3.43. The lowest BCUT2D eigenvalue weighted by Crippen LogP contribution is -2.31. The third-order valence-electron chi connectivity index (χ3n) is 3.85. The average Bonchev–Trinajstić information content (AvgIpc) is 2.92. The molecule has 2 amide bonds. The fourth-order valence-corrected chi connectivity index (χ4v) is 3.36. The van der Waals surface area contributed by atoms with Crippen LogP contribution in [-0.4, -0.2) is 18.4 Å². The first-order valence-corrected chi connectivity index (χ1v) is 8.28. The molecular weight excluding hydrogens is 356 g/mol. The van der Waals surface area contributed by atoms with E-state index in [2.05, 4.69) is 21.2 Å². The molecule has 2 aromatic carbocycles. The van der Waals surface area contributed by atoms with Crippen LogP contribution in [0.5, 0.6) is 0 Å². The van der Waals surface area contributed by atoms with Crippen LogP contribution in [0.25, 0.3) is 0 Å². The Morgan fingerprint density at radius 2 is 2.00 bits per heavy atom. The molecule has 4 nitrogen and oxygen atoms in total. The van der Waals surface area contributed by atoms with Crippen LogP contribution in [-0.2, 0) is 22.4 Å². The number of carbonyl (C=O) groups is 2. The van der Waals surface area contributed by atoms with Gasteiger partial charge in [0.25, 0.3) is 0 Å². The maximum Gasteiger partial charge on any atom is 0.231 e. The predicted octanol–water partition coefficient (Wildman–Crippen LogP) is 3.54. The Morgan fingerprint density at radius 3 is 2.74 bits per heavy atom. The molecule has 0 unspecified atom stereocenters. The Morgan fingerprint density at radius 1 is 1.22 bits per heavy atom. The van der Waals surface area contributed by atoms with Gasteiger partial charge in [-0.15, -0.1) is 0 Å². The minimum Gasteiger partial charge on any atom is -0.325 e. The van der Waals surface area contributed by atoms with E-state index in [1.165, 1.54) is 6.92 Å². The summed E-state index contributed by atoms with van der Waals surface area (Å²) in [6.07, 6.45) is 1.15. The highest BCUT2D eigenvalue weighted by Crippen LogP contribution is 2.36. The standard InChI is InChI=1S/C18H17BrN2O2/c1-12(22)20-16-7-3-5-14-8-9-21(18(14)16)17(23)11-13-4-2-6-15(19)10-13/h2-7,10H,8-9,11H2,1H3,(H,20,22). The van der Waals surface area contributed by atoms with Gasteiger partial charge in [0.05, 0.1) is 17.8 Å². The lowest BCUT2D eigenvalue weighted by Gasteiger charge is -2.20. The summed E-state index contributed by atoms with van der Waals surface area (Å²) < 4.78 is 0.962. The van der Waals surface area contributed by atoms with Gasteiger partial charge in [-0.05, 0) is 35.7 Å². The summed E-state index contributed by atoms with van der Waals surface area (Å²) in [5.74, 6) is -0.0932. The number of nitrogens with one attached hydrogen (secondary N) is 1. The van der Waals surface area contributed by atoms with Gasteiger partial charge in [0.2, 0.25) is 11.8 Å². The van der Waals surface area contributed by atoms with E-state index in [4.69, 9.17) is 0 Å². The maximum atomic E-state index is 12.7. The number of fused-ring (bicyclic) bond motifs is 1. The number of rotatable bonds is 3. The van der Waals surface area contributed by atoms with Gasteiger partial charge >= 0.3 is 0 Å². The summed E-state index contributed by atoms with van der Waals surface area (Å²) in [6, 6.07) is 13.5. The van der Waals surface area contributed by atoms with Gasteiger partial charge in [-0.25, -0.2) is 0 Å². The summed E-state index contributed by atoms with van der Waals surface area (Å²) in [7, 11) is 0. The highest BCUT2D eigenvalue weighted by Gasteiger charge is 2.27. The van der Waals surface area contributed by atoms with Crippen molar-refractivity contribution < 1.29 is 9.59 Å². The molecule has 1 N–H and O–H groups in total. The van der Waals surface area contributed by atoms with Crippen LogP contribution >= 0.6 is 15.9 Å². The zero-order valence-electron chi connectivity index (χ0n) is 12.8. The average molecular weight is 373 g/mol. The van der Waals surface area contributed by atoms with E-state index in [0.717, 1.165) is 27.7 Å². The molecule has 1 aliphatic rings. The van der Waals surface area contributed by atoms with Crippen LogP contribution < -0.4 is 10.2 Å². The van der Waals surface area contributed by atoms with Gasteiger partial charge in [-0.1, -0.05) is 40.2 Å². The second-order valence-electron chi connectivity index (χ2n) is 5.60. The molecule has 0 saturated heterocycles. The molecule has 0 saturated carbocycles. The van der Waals surface area contributed by atoms with Crippen LogP contribution in [0, 0.1) is 0 Å². The minimum atomic E-state index is -0.135. The predicted molar refractivity (Wildman–Crippen MR) is 94.6 cm³/mol. The van der Waals surface area contributed by atoms with Crippen LogP contribution in [0.3, 0.4) is 0 Å². The Balaban J connectivity index is 1.86. The monoisotopic (exact) mass is 372 g/mol. The van der Waals surface area contributed by atoms with Crippen molar-refractivity contribution in [2.24, 2.45) is 0 Å². The number of carbonyl (C=O) groups excluding carboxylic acids is 2. The number of halogens is 1. The minimum absolute atomic E-state index is 0.0413. The molecule has 23 heavy (non-hydrogen) atoms. The topological polar surface area (TPSA) is 49.4 Å². The van der Waals surface area contributed by atoms with Gasteiger partial charge in [0.1, 0.15) is 0 Å². The number of para-hydroxylation sites is 1. The molecule has 0 spiro atoms. The Bertz CT molecular complexity index is 773. The summed E-state index contributed by atoms with van der Waals surface area (Å²) in [5, 5.41) is 2.82. The third-order valence-corrected chi connectivity index (χ3v) is 4.34. The molecular formula is C18H17BrN2O2. The third kappa shape index (κ3) is 3.45. The molecule has 0 bridgehead atoms. The number of nitrogens with zero attached hydrogens (tertiary/aromatic N) is 1. The molecule has 1 aliphatic heterocycles. The lowest BCUT2D eigenvalue weighted by atomic mass is 10.1. The number of hydrogen-bond donors (Lipinski definition) is 1.